The Morgan fingerprint density at radius 3 is 2.69 bits per heavy atom. The molecule has 2 aromatic carbocycles. The molecule has 0 unspecified atom stereocenters. The van der Waals surface area contributed by atoms with Crippen LogP contribution in [0.15, 0.2) is 48.6 Å². The van der Waals surface area contributed by atoms with Crippen LogP contribution in [-0.4, -0.2) is 38.3 Å². The van der Waals surface area contributed by atoms with Crippen molar-refractivity contribution in [2.75, 3.05) is 27.5 Å². The molecule has 1 aliphatic rings. The van der Waals surface area contributed by atoms with Crippen LogP contribution in [0, 0.1) is 11.3 Å². The van der Waals surface area contributed by atoms with Crippen LogP contribution >= 0.6 is 0 Å². The van der Waals surface area contributed by atoms with Gasteiger partial charge in [-0.15, -0.1) is 6.58 Å². The maximum atomic E-state index is 12.3. The molecule has 0 aliphatic carbocycles. The summed E-state index contributed by atoms with van der Waals surface area (Å²) < 4.78 is 22.8. The molecular weight excluding hydrogens is 408 g/mol. The molecule has 0 spiro atoms. The van der Waals surface area contributed by atoms with E-state index in [4.69, 9.17) is 18.9 Å². The summed E-state index contributed by atoms with van der Waals surface area (Å²) in [5, 5.41) is 9.43. The van der Waals surface area contributed by atoms with Gasteiger partial charge in [0.05, 0.1) is 6.61 Å². The number of hydrogen-bond donors (Lipinski definition) is 0. The molecule has 0 aromatic heterocycles. The molecular formula is C25H26N2O5. The number of allylic oxidation sites excluding steroid dienone is 1. The number of nitrogens with zero attached hydrogens (tertiary/aromatic N) is 2. The smallest absolute Gasteiger partial charge is 0.264 e. The van der Waals surface area contributed by atoms with Gasteiger partial charge in [-0.05, 0) is 54.8 Å². The van der Waals surface area contributed by atoms with E-state index in [1.54, 1.807) is 32.3 Å². The number of carbonyl (C=O) groups is 1. The van der Waals surface area contributed by atoms with Crippen molar-refractivity contribution in [1.29, 1.82) is 5.26 Å². The minimum Gasteiger partial charge on any atom is -0.490 e. The van der Waals surface area contributed by atoms with Gasteiger partial charge >= 0.3 is 0 Å². The highest BCUT2D eigenvalue weighted by Crippen LogP contribution is 2.37. The second kappa shape index (κ2) is 10.4. The predicted molar refractivity (Wildman–Crippen MR) is 121 cm³/mol. The van der Waals surface area contributed by atoms with Crippen molar-refractivity contribution in [3.8, 4) is 29.1 Å². The summed E-state index contributed by atoms with van der Waals surface area (Å²) in [5.41, 5.74) is 2.48. The van der Waals surface area contributed by atoms with E-state index in [0.717, 1.165) is 11.1 Å². The van der Waals surface area contributed by atoms with Crippen molar-refractivity contribution < 1.29 is 23.7 Å². The lowest BCUT2D eigenvalue weighted by molar-refractivity contribution is -0.124. The van der Waals surface area contributed by atoms with Crippen LogP contribution in [0.3, 0.4) is 0 Å². The fourth-order valence-electron chi connectivity index (χ4n) is 3.24. The van der Waals surface area contributed by atoms with E-state index in [2.05, 4.69) is 6.58 Å². The molecule has 1 amide bonds. The first kappa shape index (κ1) is 22.8. The van der Waals surface area contributed by atoms with Gasteiger partial charge in [0.15, 0.2) is 23.0 Å². The average molecular weight is 434 g/mol. The Morgan fingerprint density at radius 2 is 2.00 bits per heavy atom. The molecule has 1 heterocycles. The summed E-state index contributed by atoms with van der Waals surface area (Å²) in [6.45, 7) is 6.67. The Bertz CT molecular complexity index is 1080. The zero-order valence-corrected chi connectivity index (χ0v) is 18.5. The molecule has 0 atom stereocenters. The number of benzene rings is 2. The van der Waals surface area contributed by atoms with E-state index in [-0.39, 0.29) is 18.3 Å². The Hall–Kier alpha value is -3.92. The molecule has 3 rings (SSSR count). The number of amides is 1. The van der Waals surface area contributed by atoms with E-state index < -0.39 is 0 Å². The van der Waals surface area contributed by atoms with Crippen LogP contribution in [-0.2, 0) is 17.8 Å². The highest BCUT2D eigenvalue weighted by atomic mass is 16.7. The van der Waals surface area contributed by atoms with Gasteiger partial charge in [-0.2, -0.15) is 5.26 Å². The van der Waals surface area contributed by atoms with E-state index >= 15 is 0 Å². The lowest BCUT2D eigenvalue weighted by Crippen LogP contribution is -2.22. The first-order valence-electron chi connectivity index (χ1n) is 10.2. The van der Waals surface area contributed by atoms with E-state index in [1.807, 2.05) is 37.3 Å². The second-order valence-corrected chi connectivity index (χ2v) is 7.28. The summed E-state index contributed by atoms with van der Waals surface area (Å²) in [6, 6.07) is 11.3. The Kier molecular flexibility index (Phi) is 7.40. The highest BCUT2D eigenvalue weighted by Gasteiger charge is 2.17. The SMILES string of the molecule is C=CCc1cc(/C=C(/C#N)C(=O)N(C)C)cc(OCC)c1OCc1ccc2c(c1)OCO2. The number of hydrogen-bond acceptors (Lipinski definition) is 6. The summed E-state index contributed by atoms with van der Waals surface area (Å²) in [6.07, 6.45) is 3.85. The van der Waals surface area contributed by atoms with E-state index in [9.17, 15) is 10.1 Å². The normalized spacial score (nSPS) is 12.1. The van der Waals surface area contributed by atoms with Gasteiger partial charge in [0.1, 0.15) is 18.2 Å². The third kappa shape index (κ3) is 5.22. The summed E-state index contributed by atoms with van der Waals surface area (Å²) in [7, 11) is 3.21. The molecule has 2 aromatic rings. The van der Waals surface area contributed by atoms with Crippen LogP contribution in [0.1, 0.15) is 23.6 Å². The molecule has 166 valence electrons. The lowest BCUT2D eigenvalue weighted by atomic mass is 10.0. The van der Waals surface area contributed by atoms with Crippen molar-refractivity contribution in [2.24, 2.45) is 0 Å². The van der Waals surface area contributed by atoms with Gasteiger partial charge < -0.3 is 23.8 Å². The Morgan fingerprint density at radius 1 is 1.22 bits per heavy atom. The number of likely N-dealkylation sites (N-methyl/N-ethyl adjacent to an activating group) is 1. The minimum absolute atomic E-state index is 0.0380. The molecule has 0 saturated heterocycles. The monoisotopic (exact) mass is 434 g/mol. The lowest BCUT2D eigenvalue weighted by Gasteiger charge is -2.17. The molecule has 0 fully saturated rings. The quantitative estimate of drug-likeness (QED) is 0.336. The van der Waals surface area contributed by atoms with E-state index in [0.29, 0.717) is 48.2 Å². The van der Waals surface area contributed by atoms with E-state index in [1.165, 1.54) is 4.90 Å². The maximum Gasteiger partial charge on any atom is 0.264 e. The maximum absolute atomic E-state index is 12.3. The first-order valence-corrected chi connectivity index (χ1v) is 10.2. The molecule has 7 heteroatoms. The second-order valence-electron chi connectivity index (χ2n) is 7.28. The van der Waals surface area contributed by atoms with Crippen molar-refractivity contribution in [3.05, 3.63) is 65.3 Å². The van der Waals surface area contributed by atoms with Crippen LogP contribution in [0.25, 0.3) is 6.08 Å². The van der Waals surface area contributed by atoms with Crippen LogP contribution < -0.4 is 18.9 Å². The first-order chi connectivity index (χ1) is 15.5. The van der Waals surface area contributed by atoms with Crippen molar-refractivity contribution in [2.45, 2.75) is 20.0 Å². The zero-order valence-electron chi connectivity index (χ0n) is 18.5. The topological polar surface area (TPSA) is 81.0 Å². The van der Waals surface area contributed by atoms with Crippen LogP contribution in [0.5, 0.6) is 23.0 Å². The van der Waals surface area contributed by atoms with Gasteiger partial charge in [-0.3, -0.25) is 4.79 Å². The van der Waals surface area contributed by atoms with Gasteiger partial charge in [-0.25, -0.2) is 0 Å². The standard InChI is InChI=1S/C25H26N2O5/c1-5-7-19-10-18(11-20(14-26)25(28)27(3)4)13-23(29-6-2)24(19)30-15-17-8-9-21-22(12-17)32-16-31-21/h5,8-13H,1,6-7,15-16H2,2-4H3/b20-11-. The van der Waals surface area contributed by atoms with Crippen LogP contribution in [0.2, 0.25) is 0 Å². The van der Waals surface area contributed by atoms with Gasteiger partial charge in [0, 0.05) is 19.7 Å². The van der Waals surface area contributed by atoms with Crippen LogP contribution in [0.4, 0.5) is 0 Å². The average Bonchev–Trinajstić information content (AvgIpc) is 3.24. The molecule has 7 nitrogen and oxygen atoms in total. The van der Waals surface area contributed by atoms with Crippen molar-refractivity contribution in [1.82, 2.24) is 4.90 Å². The number of carbonyl (C=O) groups excluding carboxylic acids is 1. The molecule has 32 heavy (non-hydrogen) atoms. The minimum atomic E-state index is -0.362. The largest absolute Gasteiger partial charge is 0.490 e. The zero-order chi connectivity index (χ0) is 23.1. The molecule has 0 radical (unpaired) electrons. The number of nitriles is 1. The summed E-state index contributed by atoms with van der Waals surface area (Å²) in [4.78, 5) is 13.6. The number of rotatable bonds is 9. The Balaban J connectivity index is 1.95. The number of ether oxygens (including phenoxy) is 4. The highest BCUT2D eigenvalue weighted by molar-refractivity contribution is 6.01. The third-order valence-corrected chi connectivity index (χ3v) is 4.71. The van der Waals surface area contributed by atoms with Gasteiger partial charge in [-0.1, -0.05) is 12.1 Å². The fraction of sp³-hybridized carbons (Fsp3) is 0.280. The molecule has 0 saturated carbocycles. The third-order valence-electron chi connectivity index (χ3n) is 4.71. The Labute approximate surface area is 188 Å². The molecule has 0 N–H and O–H groups in total. The predicted octanol–water partition coefficient (Wildman–Crippen LogP) is 4.12. The van der Waals surface area contributed by atoms with Crippen molar-refractivity contribution in [3.63, 3.8) is 0 Å². The van der Waals surface area contributed by atoms with Crippen molar-refractivity contribution >= 4 is 12.0 Å². The summed E-state index contributed by atoms with van der Waals surface area (Å²) >= 11 is 0. The molecule has 0 bridgehead atoms. The fourth-order valence-corrected chi connectivity index (χ4v) is 3.24. The van der Waals surface area contributed by atoms with Gasteiger partial charge in [0.25, 0.3) is 5.91 Å². The van der Waals surface area contributed by atoms with Gasteiger partial charge in [0.2, 0.25) is 6.79 Å². The molecule has 1 aliphatic heterocycles. The summed E-state index contributed by atoms with van der Waals surface area (Å²) in [5.74, 6) is 2.18. The number of fused-ring (bicyclic) bond motifs is 1.